The highest BCUT2D eigenvalue weighted by Gasteiger charge is 2.23. The highest BCUT2D eigenvalue weighted by atomic mass is 16.6. The number of carbonyl (C=O) groups is 2. The van der Waals surface area contributed by atoms with E-state index in [4.69, 9.17) is 9.47 Å². The summed E-state index contributed by atoms with van der Waals surface area (Å²) in [5.41, 5.74) is 3.13. The van der Waals surface area contributed by atoms with Gasteiger partial charge in [-0.1, -0.05) is 42.5 Å². The number of pyridine rings is 1. The summed E-state index contributed by atoms with van der Waals surface area (Å²) in [6, 6.07) is 20.5. The Balaban J connectivity index is 1.36. The molecular formula is C23H21N3O4. The maximum Gasteiger partial charge on any atom is 0.414 e. The Bertz CT molecular complexity index is 1040. The first-order chi connectivity index (χ1) is 14.7. The Morgan fingerprint density at radius 2 is 1.90 bits per heavy atom. The molecule has 0 bridgehead atoms. The zero-order valence-electron chi connectivity index (χ0n) is 16.3. The first kappa shape index (κ1) is 19.4. The summed E-state index contributed by atoms with van der Waals surface area (Å²) >= 11 is 0. The molecule has 0 atom stereocenters. The number of cyclic esters (lactones) is 1. The summed E-state index contributed by atoms with van der Waals surface area (Å²) in [6.07, 6.45) is 1.20. The number of nitrogens with one attached hydrogen (secondary N) is 1. The van der Waals surface area contributed by atoms with Crippen LogP contribution in [0.15, 0.2) is 72.9 Å². The van der Waals surface area contributed by atoms with Crippen molar-refractivity contribution in [3.05, 3.63) is 89.6 Å². The molecule has 1 aromatic heterocycles. The van der Waals surface area contributed by atoms with Gasteiger partial charge >= 0.3 is 6.09 Å². The monoisotopic (exact) mass is 403 g/mol. The van der Waals surface area contributed by atoms with E-state index < -0.39 is 0 Å². The van der Waals surface area contributed by atoms with Gasteiger partial charge in [-0.15, -0.1) is 0 Å². The first-order valence-electron chi connectivity index (χ1n) is 9.63. The van der Waals surface area contributed by atoms with Crippen LogP contribution in [-0.4, -0.2) is 30.1 Å². The third-order valence-electron chi connectivity index (χ3n) is 4.66. The molecule has 7 nitrogen and oxygen atoms in total. The fourth-order valence-electron chi connectivity index (χ4n) is 3.11. The first-order valence-corrected chi connectivity index (χ1v) is 9.63. The molecule has 0 unspecified atom stereocenters. The molecule has 2 aromatic carbocycles. The zero-order valence-corrected chi connectivity index (χ0v) is 16.3. The van der Waals surface area contributed by atoms with E-state index in [1.54, 1.807) is 23.2 Å². The summed E-state index contributed by atoms with van der Waals surface area (Å²) in [5, 5.41) is 2.89. The van der Waals surface area contributed by atoms with Crippen molar-refractivity contribution >= 4 is 17.7 Å². The van der Waals surface area contributed by atoms with Crippen LogP contribution < -0.4 is 15.0 Å². The zero-order chi connectivity index (χ0) is 20.8. The fourth-order valence-corrected chi connectivity index (χ4v) is 3.11. The molecule has 1 aliphatic heterocycles. The smallest absolute Gasteiger partial charge is 0.414 e. The molecular weight excluding hydrogens is 382 g/mol. The van der Waals surface area contributed by atoms with Crippen molar-refractivity contribution in [2.45, 2.75) is 13.2 Å². The van der Waals surface area contributed by atoms with E-state index in [0.29, 0.717) is 37.7 Å². The summed E-state index contributed by atoms with van der Waals surface area (Å²) in [4.78, 5) is 30.0. The van der Waals surface area contributed by atoms with Crippen molar-refractivity contribution in [3.8, 4) is 5.88 Å². The van der Waals surface area contributed by atoms with Crippen LogP contribution in [0.1, 0.15) is 21.5 Å². The largest absolute Gasteiger partial charge is 0.473 e. The molecule has 1 fully saturated rings. The van der Waals surface area contributed by atoms with E-state index in [9.17, 15) is 9.59 Å². The molecule has 0 aliphatic carbocycles. The molecule has 7 heteroatoms. The molecule has 1 N–H and O–H groups in total. The number of ether oxygens (including phenoxy) is 2. The van der Waals surface area contributed by atoms with Gasteiger partial charge in [0.15, 0.2) is 0 Å². The lowest BCUT2D eigenvalue weighted by atomic mass is 10.1. The molecule has 1 saturated heterocycles. The van der Waals surface area contributed by atoms with Gasteiger partial charge in [0, 0.05) is 30.1 Å². The quantitative estimate of drug-likeness (QED) is 0.653. The van der Waals surface area contributed by atoms with Crippen molar-refractivity contribution in [2.75, 3.05) is 18.1 Å². The lowest BCUT2D eigenvalue weighted by molar-refractivity contribution is 0.0950. The number of nitrogens with zero attached hydrogens (tertiary/aromatic N) is 2. The van der Waals surface area contributed by atoms with Crippen molar-refractivity contribution < 1.29 is 19.1 Å². The maximum absolute atomic E-state index is 12.6. The number of amides is 2. The predicted molar refractivity (Wildman–Crippen MR) is 111 cm³/mol. The Labute approximate surface area is 174 Å². The van der Waals surface area contributed by atoms with Crippen LogP contribution in [0.2, 0.25) is 0 Å². The molecule has 1 aliphatic rings. The number of carbonyl (C=O) groups excluding carboxylic acids is 2. The Hall–Kier alpha value is -3.87. The van der Waals surface area contributed by atoms with Gasteiger partial charge in [-0.3, -0.25) is 9.69 Å². The Kier molecular flexibility index (Phi) is 5.89. The second-order valence-electron chi connectivity index (χ2n) is 6.78. The second-order valence-corrected chi connectivity index (χ2v) is 6.78. The van der Waals surface area contributed by atoms with Gasteiger partial charge in [-0.2, -0.15) is 0 Å². The standard InChI is InChI=1S/C23H21N3O4/c27-22(19-9-10-24-21(14-19)30-16-17-5-2-1-3-6-17)25-15-18-7-4-8-20(13-18)26-11-12-29-23(26)28/h1-10,13-14H,11-12,15-16H2,(H,25,27). The lowest BCUT2D eigenvalue weighted by Gasteiger charge is -2.14. The third kappa shape index (κ3) is 4.75. The lowest BCUT2D eigenvalue weighted by Crippen LogP contribution is -2.25. The van der Waals surface area contributed by atoms with Gasteiger partial charge in [-0.05, 0) is 29.3 Å². The minimum absolute atomic E-state index is 0.229. The number of aromatic nitrogens is 1. The molecule has 2 amide bonds. The van der Waals surface area contributed by atoms with Crippen LogP contribution in [0.25, 0.3) is 0 Å². The van der Waals surface area contributed by atoms with Crippen molar-refractivity contribution in [1.82, 2.24) is 10.3 Å². The van der Waals surface area contributed by atoms with Crippen LogP contribution in [-0.2, 0) is 17.9 Å². The minimum atomic E-state index is -0.351. The SMILES string of the molecule is O=C(NCc1cccc(N2CCOC2=O)c1)c1ccnc(OCc2ccccc2)c1. The molecule has 2 heterocycles. The van der Waals surface area contributed by atoms with E-state index in [-0.39, 0.29) is 12.0 Å². The van der Waals surface area contributed by atoms with Gasteiger partial charge in [-0.25, -0.2) is 9.78 Å². The Morgan fingerprint density at radius 3 is 2.70 bits per heavy atom. The van der Waals surface area contributed by atoms with Gasteiger partial charge < -0.3 is 14.8 Å². The number of benzene rings is 2. The van der Waals surface area contributed by atoms with Crippen molar-refractivity contribution in [3.63, 3.8) is 0 Å². The van der Waals surface area contributed by atoms with E-state index in [1.165, 1.54) is 0 Å². The van der Waals surface area contributed by atoms with E-state index in [0.717, 1.165) is 16.8 Å². The third-order valence-corrected chi connectivity index (χ3v) is 4.66. The maximum atomic E-state index is 12.6. The highest BCUT2D eigenvalue weighted by molar-refractivity contribution is 5.94. The summed E-state index contributed by atoms with van der Waals surface area (Å²) < 4.78 is 10.7. The molecule has 3 aromatic rings. The fraction of sp³-hybridized carbons (Fsp3) is 0.174. The van der Waals surface area contributed by atoms with Crippen LogP contribution in [0, 0.1) is 0 Å². The number of anilines is 1. The molecule has 152 valence electrons. The average molecular weight is 403 g/mol. The highest BCUT2D eigenvalue weighted by Crippen LogP contribution is 2.20. The molecule has 0 spiro atoms. The second kappa shape index (κ2) is 9.09. The van der Waals surface area contributed by atoms with Gasteiger partial charge in [0.25, 0.3) is 5.91 Å². The van der Waals surface area contributed by atoms with Gasteiger partial charge in [0.2, 0.25) is 5.88 Å². The van der Waals surface area contributed by atoms with Crippen LogP contribution in [0.5, 0.6) is 5.88 Å². The number of hydrogen-bond donors (Lipinski definition) is 1. The number of hydrogen-bond acceptors (Lipinski definition) is 5. The average Bonchev–Trinajstić information content (AvgIpc) is 3.23. The van der Waals surface area contributed by atoms with Gasteiger partial charge in [0.1, 0.15) is 13.2 Å². The minimum Gasteiger partial charge on any atom is -0.473 e. The van der Waals surface area contributed by atoms with E-state index >= 15 is 0 Å². The Morgan fingerprint density at radius 1 is 1.07 bits per heavy atom. The predicted octanol–water partition coefficient (Wildman–Crippen LogP) is 3.55. The summed E-state index contributed by atoms with van der Waals surface area (Å²) in [6.45, 7) is 1.62. The summed E-state index contributed by atoms with van der Waals surface area (Å²) in [5.74, 6) is 0.161. The summed E-state index contributed by atoms with van der Waals surface area (Å²) in [7, 11) is 0. The van der Waals surface area contributed by atoms with Crippen LogP contribution in [0.3, 0.4) is 0 Å². The van der Waals surface area contributed by atoms with E-state index in [2.05, 4.69) is 10.3 Å². The topological polar surface area (TPSA) is 80.8 Å². The van der Waals surface area contributed by atoms with Crippen LogP contribution in [0.4, 0.5) is 10.5 Å². The van der Waals surface area contributed by atoms with Crippen molar-refractivity contribution in [2.24, 2.45) is 0 Å². The van der Waals surface area contributed by atoms with E-state index in [1.807, 2.05) is 54.6 Å². The molecule has 30 heavy (non-hydrogen) atoms. The van der Waals surface area contributed by atoms with Crippen molar-refractivity contribution in [1.29, 1.82) is 0 Å². The molecule has 4 rings (SSSR count). The molecule has 0 radical (unpaired) electrons. The molecule has 0 saturated carbocycles. The number of rotatable bonds is 7. The van der Waals surface area contributed by atoms with Crippen LogP contribution >= 0.6 is 0 Å². The normalized spacial score (nSPS) is 13.1. The van der Waals surface area contributed by atoms with Gasteiger partial charge in [0.05, 0.1) is 6.54 Å².